The number of carbonyl (C=O) groups excluding carboxylic acids is 1. The maximum absolute atomic E-state index is 11.2. The van der Waals surface area contributed by atoms with Crippen molar-refractivity contribution in [3.63, 3.8) is 0 Å². The van der Waals surface area contributed by atoms with Gasteiger partial charge in [-0.05, 0) is 56.0 Å². The summed E-state index contributed by atoms with van der Waals surface area (Å²) in [5.41, 5.74) is 2.18. The molecule has 18 heavy (non-hydrogen) atoms. The van der Waals surface area contributed by atoms with E-state index in [9.17, 15) is 14.9 Å². The molecule has 0 aliphatic rings. The molecule has 0 saturated carbocycles. The minimum Gasteiger partial charge on any atom is -0.449 e. The zero-order valence-electron chi connectivity index (χ0n) is 10.7. The highest BCUT2D eigenvalue weighted by molar-refractivity contribution is 8.12. The number of aryl methyl sites for hydroxylation is 2. The van der Waals surface area contributed by atoms with Crippen LogP contribution in [-0.2, 0) is 4.74 Å². The van der Waals surface area contributed by atoms with E-state index in [1.807, 2.05) is 13.8 Å². The molecule has 0 spiro atoms. The van der Waals surface area contributed by atoms with Crippen molar-refractivity contribution in [1.82, 2.24) is 0 Å². The van der Waals surface area contributed by atoms with E-state index in [4.69, 9.17) is 4.74 Å². The number of nitrogens with zero attached hydrogens (tertiary/aromatic N) is 1. The van der Waals surface area contributed by atoms with Crippen molar-refractivity contribution in [1.29, 1.82) is 0 Å². The number of ether oxygens (including phenoxy) is 1. The molecule has 0 N–H and O–H groups in total. The zero-order chi connectivity index (χ0) is 13.9. The van der Waals surface area contributed by atoms with Crippen molar-refractivity contribution in [3.8, 4) is 0 Å². The second-order valence-electron chi connectivity index (χ2n) is 3.97. The van der Waals surface area contributed by atoms with E-state index < -0.39 is 16.3 Å². The maximum atomic E-state index is 11.2. The van der Waals surface area contributed by atoms with Crippen LogP contribution in [0.15, 0.2) is 12.1 Å². The number of nitro groups is 1. The fourth-order valence-corrected chi connectivity index (χ4v) is 1.80. The van der Waals surface area contributed by atoms with Gasteiger partial charge in [0.2, 0.25) is 0 Å². The number of thioether (sulfide) groups is 1. The Balaban J connectivity index is 3.17. The first kappa shape index (κ1) is 14.5. The van der Waals surface area contributed by atoms with Gasteiger partial charge in [0.1, 0.15) is 6.10 Å². The van der Waals surface area contributed by atoms with Gasteiger partial charge < -0.3 is 4.74 Å². The average molecular weight is 269 g/mol. The molecule has 1 rings (SSSR count). The van der Waals surface area contributed by atoms with E-state index in [0.29, 0.717) is 5.56 Å². The van der Waals surface area contributed by atoms with Gasteiger partial charge in [-0.1, -0.05) is 0 Å². The number of nitro benzene ring substituents is 1. The third-order valence-electron chi connectivity index (χ3n) is 2.72. The van der Waals surface area contributed by atoms with Gasteiger partial charge in [0.25, 0.3) is 5.69 Å². The standard InChI is InChI=1S/C12H15NO4S/c1-7-5-10(9(3)17-12(14)18-4)11(13(15)16)6-8(7)2/h5-6,9H,1-4H3. The third-order valence-corrected chi connectivity index (χ3v) is 3.15. The number of hydrogen-bond donors (Lipinski definition) is 0. The van der Waals surface area contributed by atoms with Crippen molar-refractivity contribution in [2.24, 2.45) is 0 Å². The number of hydrogen-bond acceptors (Lipinski definition) is 5. The van der Waals surface area contributed by atoms with Crippen molar-refractivity contribution in [2.75, 3.05) is 6.26 Å². The van der Waals surface area contributed by atoms with E-state index in [0.717, 1.165) is 22.9 Å². The highest BCUT2D eigenvalue weighted by Gasteiger charge is 2.22. The summed E-state index contributed by atoms with van der Waals surface area (Å²) >= 11 is 0.938. The zero-order valence-corrected chi connectivity index (χ0v) is 11.5. The van der Waals surface area contributed by atoms with Gasteiger partial charge in [-0.25, -0.2) is 4.79 Å². The highest BCUT2D eigenvalue weighted by Crippen LogP contribution is 2.31. The molecular formula is C12H15NO4S. The van der Waals surface area contributed by atoms with Crippen molar-refractivity contribution in [3.05, 3.63) is 38.9 Å². The van der Waals surface area contributed by atoms with E-state index in [-0.39, 0.29) is 5.69 Å². The molecule has 0 heterocycles. The van der Waals surface area contributed by atoms with Crippen LogP contribution in [0.4, 0.5) is 10.5 Å². The molecule has 1 aromatic carbocycles. The van der Waals surface area contributed by atoms with Crippen LogP contribution >= 0.6 is 11.8 Å². The Morgan fingerprint density at radius 1 is 1.39 bits per heavy atom. The molecule has 0 aliphatic heterocycles. The molecule has 1 aromatic rings. The molecule has 0 fully saturated rings. The summed E-state index contributed by atoms with van der Waals surface area (Å²) in [6.07, 6.45) is 0.966. The fraction of sp³-hybridized carbons (Fsp3) is 0.417. The maximum Gasteiger partial charge on any atom is 0.367 e. The van der Waals surface area contributed by atoms with E-state index >= 15 is 0 Å². The van der Waals surface area contributed by atoms with Crippen molar-refractivity contribution in [2.45, 2.75) is 26.9 Å². The SMILES string of the molecule is CSC(=O)OC(C)c1cc(C)c(C)cc1[N+](=O)[O-]. The lowest BCUT2D eigenvalue weighted by molar-refractivity contribution is -0.386. The number of benzene rings is 1. The summed E-state index contributed by atoms with van der Waals surface area (Å²) in [6.45, 7) is 5.31. The topological polar surface area (TPSA) is 69.4 Å². The number of rotatable bonds is 3. The van der Waals surface area contributed by atoms with Crippen LogP contribution in [0, 0.1) is 24.0 Å². The summed E-state index contributed by atoms with van der Waals surface area (Å²) in [4.78, 5) is 21.8. The van der Waals surface area contributed by atoms with Gasteiger partial charge in [-0.2, -0.15) is 0 Å². The van der Waals surface area contributed by atoms with Crippen LogP contribution in [0.1, 0.15) is 29.7 Å². The lowest BCUT2D eigenvalue weighted by Crippen LogP contribution is -2.07. The molecule has 1 unspecified atom stereocenters. The second-order valence-corrected chi connectivity index (χ2v) is 4.71. The van der Waals surface area contributed by atoms with Gasteiger partial charge in [-0.3, -0.25) is 10.1 Å². The lowest BCUT2D eigenvalue weighted by Gasteiger charge is -2.14. The van der Waals surface area contributed by atoms with Crippen LogP contribution in [-0.4, -0.2) is 16.5 Å². The fourth-order valence-electron chi connectivity index (χ4n) is 1.56. The molecule has 0 aliphatic carbocycles. The van der Waals surface area contributed by atoms with Crippen LogP contribution in [0.25, 0.3) is 0 Å². The Labute approximate surface area is 110 Å². The average Bonchev–Trinajstić information content (AvgIpc) is 2.31. The first-order valence-electron chi connectivity index (χ1n) is 5.37. The summed E-state index contributed by atoms with van der Waals surface area (Å²) in [6, 6.07) is 3.21. The molecule has 0 amide bonds. The Hall–Kier alpha value is -1.56. The van der Waals surface area contributed by atoms with E-state index in [2.05, 4.69) is 0 Å². The predicted molar refractivity (Wildman–Crippen MR) is 71.0 cm³/mol. The molecule has 0 saturated heterocycles. The van der Waals surface area contributed by atoms with Crippen molar-refractivity contribution >= 4 is 22.8 Å². The predicted octanol–water partition coefficient (Wildman–Crippen LogP) is 3.77. The Morgan fingerprint density at radius 3 is 2.44 bits per heavy atom. The van der Waals surface area contributed by atoms with E-state index in [1.54, 1.807) is 19.2 Å². The van der Waals surface area contributed by atoms with Crippen LogP contribution < -0.4 is 0 Å². The van der Waals surface area contributed by atoms with Crippen LogP contribution in [0.5, 0.6) is 0 Å². The van der Waals surface area contributed by atoms with Gasteiger partial charge in [-0.15, -0.1) is 0 Å². The van der Waals surface area contributed by atoms with Gasteiger partial charge in [0.05, 0.1) is 10.5 Å². The van der Waals surface area contributed by atoms with Gasteiger partial charge >= 0.3 is 5.30 Å². The Kier molecular flexibility index (Phi) is 4.72. The van der Waals surface area contributed by atoms with Crippen LogP contribution in [0.2, 0.25) is 0 Å². The Bertz CT molecular complexity index is 487. The molecule has 0 aromatic heterocycles. The van der Waals surface area contributed by atoms with Crippen LogP contribution in [0.3, 0.4) is 0 Å². The monoisotopic (exact) mass is 269 g/mol. The van der Waals surface area contributed by atoms with Gasteiger partial charge in [0, 0.05) is 6.07 Å². The Morgan fingerprint density at radius 2 is 1.94 bits per heavy atom. The first-order chi connectivity index (χ1) is 8.36. The molecule has 0 bridgehead atoms. The van der Waals surface area contributed by atoms with Crippen molar-refractivity contribution < 1.29 is 14.5 Å². The molecule has 1 atom stereocenters. The largest absolute Gasteiger partial charge is 0.449 e. The highest BCUT2D eigenvalue weighted by atomic mass is 32.2. The summed E-state index contributed by atoms with van der Waals surface area (Å²) in [5.74, 6) is 0. The second kappa shape index (κ2) is 5.86. The van der Waals surface area contributed by atoms with Gasteiger partial charge in [0.15, 0.2) is 0 Å². The minimum absolute atomic E-state index is 0.0143. The first-order valence-corrected chi connectivity index (χ1v) is 6.59. The smallest absolute Gasteiger partial charge is 0.367 e. The van der Waals surface area contributed by atoms with E-state index in [1.165, 1.54) is 6.07 Å². The molecule has 5 nitrogen and oxygen atoms in total. The minimum atomic E-state index is -0.635. The third kappa shape index (κ3) is 3.22. The quantitative estimate of drug-likeness (QED) is 0.474. The molecule has 98 valence electrons. The normalized spacial score (nSPS) is 12.0. The molecular weight excluding hydrogens is 254 g/mol. The number of carbonyl (C=O) groups is 1. The molecule has 6 heteroatoms. The summed E-state index contributed by atoms with van der Waals surface area (Å²) in [5, 5.41) is 10.6. The summed E-state index contributed by atoms with van der Waals surface area (Å²) < 4.78 is 5.09. The molecule has 0 radical (unpaired) electrons. The summed E-state index contributed by atoms with van der Waals surface area (Å²) in [7, 11) is 0. The lowest BCUT2D eigenvalue weighted by atomic mass is 10.0.